The van der Waals surface area contributed by atoms with Crippen LogP contribution in [0, 0.1) is 23.7 Å². The minimum absolute atomic E-state index is 0.228. The van der Waals surface area contributed by atoms with Crippen LogP contribution in [0.4, 0.5) is 5.69 Å². The van der Waals surface area contributed by atoms with Gasteiger partial charge in [-0.2, -0.15) is 0 Å². The Morgan fingerprint density at radius 1 is 0.431 bits per heavy atom. The molecule has 5 saturated carbocycles. The maximum atomic E-state index is 7.21. The summed E-state index contributed by atoms with van der Waals surface area (Å²) in [4.78, 5) is 22.2. The molecule has 0 radical (unpaired) electrons. The second-order valence-electron chi connectivity index (χ2n) is 19.6. The molecule has 4 heterocycles. The zero-order valence-electron chi connectivity index (χ0n) is 34.1. The normalized spacial score (nSPS) is 39.4. The molecule has 0 bridgehead atoms. The molecule has 58 heavy (non-hydrogen) atoms. The Hall–Kier alpha value is -3.65. The van der Waals surface area contributed by atoms with E-state index in [-0.39, 0.29) is 18.3 Å². The molecule has 8 fully saturated rings. The Bertz CT molecular complexity index is 1990. The molecular formula is C51H61N5O2. The van der Waals surface area contributed by atoms with E-state index in [1.807, 2.05) is 0 Å². The first-order valence-corrected chi connectivity index (χ1v) is 23.5. The largest absolute Gasteiger partial charge is 0.370 e. The van der Waals surface area contributed by atoms with Gasteiger partial charge in [-0.05, 0) is 106 Å². The van der Waals surface area contributed by atoms with Gasteiger partial charge in [0.1, 0.15) is 5.82 Å². The lowest BCUT2D eigenvalue weighted by Gasteiger charge is -2.64. The first-order chi connectivity index (χ1) is 28.7. The first-order valence-electron chi connectivity index (χ1n) is 23.5. The van der Waals surface area contributed by atoms with Crippen molar-refractivity contribution in [3.63, 3.8) is 0 Å². The number of fused-ring (bicyclic) bond motifs is 9. The molecule has 8 aliphatic rings. The Morgan fingerprint density at radius 3 is 1.66 bits per heavy atom. The quantitative estimate of drug-likeness (QED) is 0.205. The summed E-state index contributed by atoms with van der Waals surface area (Å²) in [5.41, 5.74) is 3.60. The lowest BCUT2D eigenvalue weighted by atomic mass is 9.59. The van der Waals surface area contributed by atoms with Crippen molar-refractivity contribution in [2.45, 2.75) is 163 Å². The number of nitrogens with zero attached hydrogens (tertiary/aromatic N) is 5. The van der Waals surface area contributed by atoms with Crippen LogP contribution in [0.1, 0.15) is 114 Å². The molecule has 7 heteroatoms. The second-order valence-corrected chi connectivity index (χ2v) is 19.6. The monoisotopic (exact) mass is 775 g/mol. The molecule has 0 amide bonds. The van der Waals surface area contributed by atoms with Crippen LogP contribution in [0.2, 0.25) is 0 Å². The number of anilines is 1. The molecule has 3 saturated heterocycles. The number of hydrogen-bond acceptors (Lipinski definition) is 7. The fourth-order valence-corrected chi connectivity index (χ4v) is 14.6. The second kappa shape index (κ2) is 15.1. The Balaban J connectivity index is 0.962. The van der Waals surface area contributed by atoms with Crippen LogP contribution in [0.3, 0.4) is 0 Å². The zero-order chi connectivity index (χ0) is 38.2. The van der Waals surface area contributed by atoms with Gasteiger partial charge in [0.2, 0.25) is 0 Å². The smallest absolute Gasteiger partial charge is 0.163 e. The van der Waals surface area contributed by atoms with Gasteiger partial charge in [0.05, 0.1) is 24.4 Å². The molecule has 4 aromatic rings. The molecule has 14 unspecified atom stereocenters. The van der Waals surface area contributed by atoms with E-state index >= 15 is 0 Å². The van der Waals surface area contributed by atoms with E-state index in [9.17, 15) is 0 Å². The fraction of sp³-hybridized carbons (Fsp3) is 0.588. The minimum Gasteiger partial charge on any atom is -0.370 e. The van der Waals surface area contributed by atoms with Crippen LogP contribution >= 0.6 is 0 Å². The van der Waals surface area contributed by atoms with Crippen molar-refractivity contribution in [1.82, 2.24) is 19.9 Å². The zero-order valence-corrected chi connectivity index (χ0v) is 34.1. The highest BCUT2D eigenvalue weighted by atomic mass is 16.6. The molecule has 5 aliphatic carbocycles. The van der Waals surface area contributed by atoms with Gasteiger partial charge in [-0.1, -0.05) is 111 Å². The molecule has 1 aromatic heterocycles. The van der Waals surface area contributed by atoms with Crippen LogP contribution in [0.15, 0.2) is 91.0 Å². The van der Waals surface area contributed by atoms with Crippen molar-refractivity contribution >= 4 is 5.69 Å². The predicted octanol–water partition coefficient (Wildman–Crippen LogP) is 10.3. The number of aromatic nitrogens is 3. The van der Waals surface area contributed by atoms with Crippen molar-refractivity contribution in [3.8, 4) is 22.8 Å². The van der Waals surface area contributed by atoms with Crippen LogP contribution < -0.4 is 4.90 Å². The first kappa shape index (κ1) is 36.2. The van der Waals surface area contributed by atoms with Crippen molar-refractivity contribution in [2.24, 2.45) is 23.7 Å². The average Bonchev–Trinajstić information content (AvgIpc) is 3.41. The van der Waals surface area contributed by atoms with Gasteiger partial charge in [0, 0.05) is 52.9 Å². The van der Waals surface area contributed by atoms with E-state index in [2.05, 4.69) is 101 Å². The van der Waals surface area contributed by atoms with E-state index in [1.54, 1.807) is 0 Å². The predicted molar refractivity (Wildman–Crippen MR) is 228 cm³/mol. The number of hydrogen-bond donors (Lipinski definition) is 0. The lowest BCUT2D eigenvalue weighted by molar-refractivity contribution is -0.254. The molecule has 0 spiro atoms. The van der Waals surface area contributed by atoms with Gasteiger partial charge in [-0.3, -0.25) is 4.90 Å². The molecule has 14 atom stereocenters. The van der Waals surface area contributed by atoms with Crippen molar-refractivity contribution in [2.75, 3.05) is 4.90 Å². The molecule has 7 nitrogen and oxygen atoms in total. The maximum Gasteiger partial charge on any atom is 0.163 e. The summed E-state index contributed by atoms with van der Waals surface area (Å²) >= 11 is 0. The van der Waals surface area contributed by atoms with Gasteiger partial charge in [0.15, 0.2) is 11.6 Å². The maximum absolute atomic E-state index is 7.21. The van der Waals surface area contributed by atoms with E-state index in [0.717, 1.165) is 47.9 Å². The van der Waals surface area contributed by atoms with Crippen molar-refractivity contribution < 1.29 is 9.47 Å². The summed E-state index contributed by atoms with van der Waals surface area (Å²) in [6.45, 7) is 0. The molecule has 0 N–H and O–H groups in total. The Kier molecular flexibility index (Phi) is 9.44. The summed E-state index contributed by atoms with van der Waals surface area (Å²) in [5, 5.41) is 0. The molecular weight excluding hydrogens is 715 g/mol. The highest BCUT2D eigenvalue weighted by Crippen LogP contribution is 2.59. The molecule has 302 valence electrons. The molecule has 3 aliphatic heterocycles. The Morgan fingerprint density at radius 2 is 1.00 bits per heavy atom. The van der Waals surface area contributed by atoms with Crippen LogP contribution in [-0.2, 0) is 9.47 Å². The third-order valence-corrected chi connectivity index (χ3v) is 16.8. The standard InChI is InChI=1S/C51H61N5O2/c1-4-15-32(16-5-1)49-52-50(33-17-6-2-7-18-33)54-51(53-49)34-27-28-40-39(29-34)38-31-47-46(57-44-25-12-13-26-45(44)58-47)30-37(38)36-21-14-24-43-48(36)56(40)42-23-11-10-22-41(42)55(43)35-19-8-3-9-20-35/h1-9,15-20,34,36-48H,10-14,21-31H2. The third kappa shape index (κ3) is 6.19. The summed E-state index contributed by atoms with van der Waals surface area (Å²) in [6.07, 6.45) is 21.2. The number of piperazine rings is 1. The summed E-state index contributed by atoms with van der Waals surface area (Å²) < 4.78 is 14.4. The van der Waals surface area contributed by atoms with Crippen molar-refractivity contribution in [1.29, 1.82) is 0 Å². The Labute approximate surface area is 345 Å². The van der Waals surface area contributed by atoms with Gasteiger partial charge < -0.3 is 14.4 Å². The van der Waals surface area contributed by atoms with E-state index < -0.39 is 0 Å². The highest BCUT2D eigenvalue weighted by molar-refractivity contribution is 5.61. The minimum atomic E-state index is 0.228. The van der Waals surface area contributed by atoms with E-state index in [1.165, 1.54) is 89.2 Å². The summed E-state index contributed by atoms with van der Waals surface area (Å²) in [5.74, 6) is 5.49. The van der Waals surface area contributed by atoms with Gasteiger partial charge in [-0.25, -0.2) is 15.0 Å². The summed E-state index contributed by atoms with van der Waals surface area (Å²) in [6, 6.07) is 35.8. The number of para-hydroxylation sites is 1. The lowest BCUT2D eigenvalue weighted by Crippen LogP contribution is -2.74. The van der Waals surface area contributed by atoms with Crippen LogP contribution in [0.25, 0.3) is 22.8 Å². The van der Waals surface area contributed by atoms with E-state index in [4.69, 9.17) is 24.4 Å². The van der Waals surface area contributed by atoms with Gasteiger partial charge >= 0.3 is 0 Å². The SMILES string of the molecule is c1ccc(-c2nc(-c3ccccc3)nc(C3CCC4C(C3)C3CC5OC6CCCCC6OC5CC3C3CCCC5C3N4C3CCCCC3N5c3ccccc3)n2)cc1. The van der Waals surface area contributed by atoms with Crippen LogP contribution in [0.5, 0.6) is 0 Å². The number of ether oxygens (including phenoxy) is 2. The number of rotatable bonds is 4. The molecule has 3 aromatic carbocycles. The molecule has 12 rings (SSSR count). The van der Waals surface area contributed by atoms with Crippen molar-refractivity contribution in [3.05, 3.63) is 96.8 Å². The van der Waals surface area contributed by atoms with Gasteiger partial charge in [-0.15, -0.1) is 0 Å². The van der Waals surface area contributed by atoms with E-state index in [0.29, 0.717) is 65.9 Å². The third-order valence-electron chi connectivity index (χ3n) is 16.8. The fourth-order valence-electron chi connectivity index (χ4n) is 14.6. The topological polar surface area (TPSA) is 63.6 Å². The highest BCUT2D eigenvalue weighted by Gasteiger charge is 2.62. The average molecular weight is 776 g/mol. The number of benzene rings is 3. The van der Waals surface area contributed by atoms with Gasteiger partial charge in [0.25, 0.3) is 0 Å². The van der Waals surface area contributed by atoms with Crippen LogP contribution in [-0.4, -0.2) is 74.5 Å². The summed E-state index contributed by atoms with van der Waals surface area (Å²) in [7, 11) is 0.